The summed E-state index contributed by atoms with van der Waals surface area (Å²) in [5.74, 6) is 5.68. The van der Waals surface area contributed by atoms with Crippen LogP contribution in [-0.2, 0) is 11.0 Å². The van der Waals surface area contributed by atoms with Gasteiger partial charge in [0.1, 0.15) is 0 Å². The van der Waals surface area contributed by atoms with Crippen molar-refractivity contribution < 1.29 is 18.0 Å². The van der Waals surface area contributed by atoms with Crippen molar-refractivity contribution in [3.05, 3.63) is 65.2 Å². The Morgan fingerprint density at radius 2 is 1.36 bits per heavy atom. The van der Waals surface area contributed by atoms with Crippen LogP contribution in [0.15, 0.2) is 53.4 Å². The van der Waals surface area contributed by atoms with E-state index in [4.69, 9.17) is 0 Å². The van der Waals surface area contributed by atoms with Crippen LogP contribution >= 0.6 is 11.8 Å². The van der Waals surface area contributed by atoms with Gasteiger partial charge in [0.15, 0.2) is 5.12 Å². The second kappa shape index (κ2) is 6.71. The van der Waals surface area contributed by atoms with Crippen molar-refractivity contribution in [1.82, 2.24) is 0 Å². The number of carbonyl (C=O) groups is 1. The lowest BCUT2D eigenvalue weighted by Crippen LogP contribution is -2.04. The second-order valence-corrected chi connectivity index (χ2v) is 5.69. The highest BCUT2D eigenvalue weighted by molar-refractivity contribution is 8.13. The van der Waals surface area contributed by atoms with E-state index in [9.17, 15) is 18.0 Å². The van der Waals surface area contributed by atoms with Crippen LogP contribution < -0.4 is 0 Å². The first-order valence-corrected chi connectivity index (χ1v) is 7.14. The van der Waals surface area contributed by atoms with Crippen molar-refractivity contribution in [3.8, 4) is 11.8 Å². The molecule has 0 aromatic heterocycles. The van der Waals surface area contributed by atoms with E-state index in [1.54, 1.807) is 24.3 Å². The van der Waals surface area contributed by atoms with Crippen LogP contribution in [0.1, 0.15) is 23.6 Å². The molecular formula is C17H11F3OS. The summed E-state index contributed by atoms with van der Waals surface area (Å²) in [4.78, 5) is 11.8. The number of hydrogen-bond acceptors (Lipinski definition) is 2. The molecule has 2 aromatic rings. The number of benzene rings is 2. The quantitative estimate of drug-likeness (QED) is 0.557. The molecular weight excluding hydrogens is 309 g/mol. The van der Waals surface area contributed by atoms with Crippen LogP contribution in [-0.4, -0.2) is 5.12 Å². The maximum atomic E-state index is 12.4. The zero-order valence-corrected chi connectivity index (χ0v) is 12.4. The number of thioether (sulfide) groups is 1. The maximum absolute atomic E-state index is 12.4. The van der Waals surface area contributed by atoms with Crippen molar-refractivity contribution >= 4 is 16.9 Å². The minimum absolute atomic E-state index is 0.00332. The van der Waals surface area contributed by atoms with E-state index in [1.807, 2.05) is 0 Å². The molecule has 1 nitrogen and oxygen atoms in total. The molecule has 0 unspecified atom stereocenters. The first-order chi connectivity index (χ1) is 10.3. The van der Waals surface area contributed by atoms with Gasteiger partial charge in [-0.1, -0.05) is 23.6 Å². The number of carbonyl (C=O) groups excluding carboxylic acids is 1. The predicted molar refractivity (Wildman–Crippen MR) is 80.4 cm³/mol. The molecule has 0 spiro atoms. The topological polar surface area (TPSA) is 17.1 Å². The monoisotopic (exact) mass is 320 g/mol. The van der Waals surface area contributed by atoms with E-state index in [1.165, 1.54) is 19.1 Å². The highest BCUT2D eigenvalue weighted by Crippen LogP contribution is 2.28. The van der Waals surface area contributed by atoms with E-state index in [-0.39, 0.29) is 5.12 Å². The van der Waals surface area contributed by atoms with Gasteiger partial charge in [0.25, 0.3) is 0 Å². The van der Waals surface area contributed by atoms with Gasteiger partial charge in [-0.15, -0.1) is 0 Å². The molecule has 0 aliphatic heterocycles. The van der Waals surface area contributed by atoms with Gasteiger partial charge < -0.3 is 0 Å². The smallest absolute Gasteiger partial charge is 0.287 e. The van der Waals surface area contributed by atoms with Crippen LogP contribution in [0.4, 0.5) is 13.2 Å². The van der Waals surface area contributed by atoms with Gasteiger partial charge in [0.05, 0.1) is 5.56 Å². The standard InChI is InChI=1S/C17H11F3OS/c1-12(21)22-16-10-6-14(7-11-16)3-2-13-4-8-15(9-5-13)17(18,19)20/h4-11H,1H3. The molecule has 0 heterocycles. The molecule has 0 bridgehead atoms. The molecule has 2 rings (SSSR count). The van der Waals surface area contributed by atoms with Gasteiger partial charge in [-0.2, -0.15) is 13.2 Å². The Labute approximate surface area is 130 Å². The Morgan fingerprint density at radius 3 is 1.77 bits per heavy atom. The zero-order valence-electron chi connectivity index (χ0n) is 11.6. The van der Waals surface area contributed by atoms with E-state index >= 15 is 0 Å². The molecule has 0 N–H and O–H groups in total. The third-order valence-electron chi connectivity index (χ3n) is 2.68. The van der Waals surface area contributed by atoms with Crippen LogP contribution in [0.2, 0.25) is 0 Å². The van der Waals surface area contributed by atoms with Gasteiger partial charge in [-0.05, 0) is 48.5 Å². The Kier molecular flexibility index (Phi) is 4.94. The fraction of sp³-hybridized carbons (Fsp3) is 0.118. The highest BCUT2D eigenvalue weighted by Gasteiger charge is 2.29. The molecule has 0 aliphatic carbocycles. The Hall–Kier alpha value is -2.19. The normalized spacial score (nSPS) is 10.7. The van der Waals surface area contributed by atoms with E-state index in [2.05, 4.69) is 11.8 Å². The predicted octanol–water partition coefficient (Wildman–Crippen LogP) is 4.74. The molecule has 0 aliphatic rings. The van der Waals surface area contributed by atoms with E-state index < -0.39 is 11.7 Å². The zero-order chi connectivity index (χ0) is 16.2. The van der Waals surface area contributed by atoms with Gasteiger partial charge in [-0.3, -0.25) is 4.79 Å². The number of rotatable bonds is 1. The molecule has 112 valence electrons. The number of hydrogen-bond donors (Lipinski definition) is 0. The SMILES string of the molecule is CC(=O)Sc1ccc(C#Cc2ccc(C(F)(F)F)cc2)cc1. The molecule has 0 saturated carbocycles. The fourth-order valence-corrected chi connectivity index (χ4v) is 2.26. The molecule has 0 radical (unpaired) electrons. The van der Waals surface area contributed by atoms with E-state index in [0.29, 0.717) is 5.56 Å². The van der Waals surface area contributed by atoms with Crippen molar-refractivity contribution in [2.75, 3.05) is 0 Å². The van der Waals surface area contributed by atoms with E-state index in [0.717, 1.165) is 34.4 Å². The summed E-state index contributed by atoms with van der Waals surface area (Å²) in [6.45, 7) is 1.49. The van der Waals surface area contributed by atoms with Crippen LogP contribution in [0, 0.1) is 11.8 Å². The van der Waals surface area contributed by atoms with Crippen molar-refractivity contribution in [1.29, 1.82) is 0 Å². The third-order valence-corrected chi connectivity index (χ3v) is 3.47. The summed E-state index contributed by atoms with van der Waals surface area (Å²) in [6, 6.07) is 11.8. The molecule has 0 fully saturated rings. The molecule has 0 saturated heterocycles. The minimum atomic E-state index is -4.34. The summed E-state index contributed by atoms with van der Waals surface area (Å²) >= 11 is 1.13. The molecule has 22 heavy (non-hydrogen) atoms. The van der Waals surface area contributed by atoms with Gasteiger partial charge >= 0.3 is 6.18 Å². The van der Waals surface area contributed by atoms with Gasteiger partial charge in [0, 0.05) is 22.9 Å². The minimum Gasteiger partial charge on any atom is -0.287 e. The van der Waals surface area contributed by atoms with Crippen LogP contribution in [0.25, 0.3) is 0 Å². The molecule has 5 heteroatoms. The molecule has 0 amide bonds. The summed E-state index contributed by atoms with van der Waals surface area (Å²) in [5, 5.41) is 0.00332. The summed E-state index contributed by atoms with van der Waals surface area (Å²) in [6.07, 6.45) is -4.34. The first kappa shape index (κ1) is 16.2. The Bertz CT molecular complexity index is 720. The Morgan fingerprint density at radius 1 is 0.909 bits per heavy atom. The van der Waals surface area contributed by atoms with Crippen molar-refractivity contribution in [2.45, 2.75) is 18.0 Å². The maximum Gasteiger partial charge on any atom is 0.416 e. The lowest BCUT2D eigenvalue weighted by Gasteiger charge is -2.05. The molecule has 0 atom stereocenters. The second-order valence-electron chi connectivity index (χ2n) is 4.44. The lowest BCUT2D eigenvalue weighted by atomic mass is 10.1. The largest absolute Gasteiger partial charge is 0.416 e. The molecule has 2 aromatic carbocycles. The third kappa shape index (κ3) is 4.68. The van der Waals surface area contributed by atoms with Gasteiger partial charge in [0.2, 0.25) is 0 Å². The fourth-order valence-electron chi connectivity index (χ4n) is 1.66. The van der Waals surface area contributed by atoms with Crippen LogP contribution in [0.3, 0.4) is 0 Å². The van der Waals surface area contributed by atoms with Crippen molar-refractivity contribution in [2.24, 2.45) is 0 Å². The number of alkyl halides is 3. The Balaban J connectivity index is 2.11. The highest BCUT2D eigenvalue weighted by atomic mass is 32.2. The summed E-state index contributed by atoms with van der Waals surface area (Å²) in [7, 11) is 0. The summed E-state index contributed by atoms with van der Waals surface area (Å²) < 4.78 is 37.3. The average Bonchev–Trinajstić information content (AvgIpc) is 2.45. The van der Waals surface area contributed by atoms with Crippen molar-refractivity contribution in [3.63, 3.8) is 0 Å². The van der Waals surface area contributed by atoms with Crippen LogP contribution in [0.5, 0.6) is 0 Å². The van der Waals surface area contributed by atoms with Gasteiger partial charge in [-0.25, -0.2) is 0 Å². The summed E-state index contributed by atoms with van der Waals surface area (Å²) in [5.41, 5.74) is 0.548. The number of halogens is 3. The lowest BCUT2D eigenvalue weighted by molar-refractivity contribution is -0.137. The first-order valence-electron chi connectivity index (χ1n) is 6.32. The average molecular weight is 320 g/mol.